The maximum absolute atomic E-state index is 12.5. The summed E-state index contributed by atoms with van der Waals surface area (Å²) in [6.07, 6.45) is -2.56. The van der Waals surface area contributed by atoms with E-state index >= 15 is 0 Å². The van der Waals surface area contributed by atoms with Gasteiger partial charge < -0.3 is 10.6 Å². The average Bonchev–Trinajstić information content (AvgIpc) is 3.11. The van der Waals surface area contributed by atoms with Crippen LogP contribution >= 0.6 is 11.3 Å². The van der Waals surface area contributed by atoms with Gasteiger partial charge in [0.1, 0.15) is 12.2 Å². The van der Waals surface area contributed by atoms with E-state index in [4.69, 9.17) is 0 Å². The highest BCUT2D eigenvalue weighted by molar-refractivity contribution is 7.09. The number of halogens is 3. The number of thiazole rings is 1. The maximum atomic E-state index is 12.5. The number of aryl methyl sites for hydroxylation is 1. The van der Waals surface area contributed by atoms with E-state index in [2.05, 4.69) is 30.7 Å². The highest BCUT2D eigenvalue weighted by Gasteiger charge is 2.33. The van der Waals surface area contributed by atoms with Gasteiger partial charge in [-0.15, -0.1) is 11.3 Å². The van der Waals surface area contributed by atoms with Gasteiger partial charge in [-0.3, -0.25) is 9.67 Å². The molecule has 126 valence electrons. The lowest BCUT2D eigenvalue weighted by atomic mass is 10.4. The maximum Gasteiger partial charge on any atom is 0.434 e. The van der Waals surface area contributed by atoms with Crippen molar-refractivity contribution in [3.05, 3.63) is 28.2 Å². The molecule has 0 radical (unpaired) electrons. The number of hydrogen-bond acceptors (Lipinski definition) is 5. The van der Waals surface area contributed by atoms with Crippen LogP contribution in [0.2, 0.25) is 0 Å². The van der Waals surface area contributed by atoms with Gasteiger partial charge in [-0.1, -0.05) is 0 Å². The Morgan fingerprint density at radius 2 is 2.17 bits per heavy atom. The Labute approximate surface area is 134 Å². The molecule has 2 rings (SSSR count). The van der Waals surface area contributed by atoms with Gasteiger partial charge in [-0.2, -0.15) is 18.3 Å². The summed E-state index contributed by atoms with van der Waals surface area (Å²) < 4.78 is 39.0. The van der Waals surface area contributed by atoms with Crippen LogP contribution in [0.5, 0.6) is 0 Å². The Morgan fingerprint density at radius 3 is 2.74 bits per heavy atom. The van der Waals surface area contributed by atoms with E-state index in [1.165, 1.54) is 6.33 Å². The Bertz CT molecular complexity index is 662. The average molecular weight is 347 g/mol. The molecule has 0 saturated carbocycles. The zero-order chi connectivity index (χ0) is 16.9. The van der Waals surface area contributed by atoms with Gasteiger partial charge in [0.25, 0.3) is 0 Å². The molecular formula is C12H16F3N7S. The predicted octanol–water partition coefficient (Wildman–Crippen LogP) is 1.20. The second-order valence-corrected chi connectivity index (χ2v) is 5.47. The summed E-state index contributed by atoms with van der Waals surface area (Å²) in [5, 5.41) is 11.5. The normalized spacial score (nSPS) is 12.5. The Kier molecular flexibility index (Phi) is 5.53. The van der Waals surface area contributed by atoms with Gasteiger partial charge in [0.15, 0.2) is 11.7 Å². The first-order chi connectivity index (χ1) is 10.9. The summed E-state index contributed by atoms with van der Waals surface area (Å²) in [4.78, 5) is 11.7. The smallest absolute Gasteiger partial charge is 0.356 e. The van der Waals surface area contributed by atoms with Crippen molar-refractivity contribution in [2.45, 2.75) is 19.1 Å². The largest absolute Gasteiger partial charge is 0.434 e. The van der Waals surface area contributed by atoms with Gasteiger partial charge >= 0.3 is 6.18 Å². The number of aromatic nitrogens is 4. The monoisotopic (exact) mass is 347 g/mol. The molecule has 2 aromatic heterocycles. The first-order valence-electron chi connectivity index (χ1n) is 6.69. The van der Waals surface area contributed by atoms with Crippen LogP contribution in [-0.2, 0) is 26.2 Å². The first-order valence-corrected chi connectivity index (χ1v) is 7.57. The molecule has 2 heterocycles. The number of nitrogens with one attached hydrogen (secondary N) is 2. The molecule has 0 atom stereocenters. The van der Waals surface area contributed by atoms with E-state index in [9.17, 15) is 13.2 Å². The van der Waals surface area contributed by atoms with E-state index in [0.29, 0.717) is 30.5 Å². The van der Waals surface area contributed by atoms with Gasteiger partial charge in [-0.05, 0) is 0 Å². The van der Waals surface area contributed by atoms with Crippen LogP contribution in [0.15, 0.2) is 16.7 Å². The number of nitrogens with zero attached hydrogens (tertiary/aromatic N) is 5. The van der Waals surface area contributed by atoms with Crippen LogP contribution in [0.4, 0.5) is 13.2 Å². The van der Waals surface area contributed by atoms with Crippen molar-refractivity contribution in [1.82, 2.24) is 30.4 Å². The Morgan fingerprint density at radius 1 is 1.39 bits per heavy atom. The van der Waals surface area contributed by atoms with E-state index in [1.54, 1.807) is 18.8 Å². The third kappa shape index (κ3) is 4.91. The summed E-state index contributed by atoms with van der Waals surface area (Å²) in [5.41, 5.74) is -0.845. The zero-order valence-corrected chi connectivity index (χ0v) is 13.4. The van der Waals surface area contributed by atoms with Crippen LogP contribution < -0.4 is 10.6 Å². The van der Waals surface area contributed by atoms with Crippen molar-refractivity contribution in [3.63, 3.8) is 0 Å². The lowest BCUT2D eigenvalue weighted by Gasteiger charge is -2.10. The molecule has 2 aromatic rings. The second kappa shape index (κ2) is 7.40. The van der Waals surface area contributed by atoms with Crippen molar-refractivity contribution in [1.29, 1.82) is 0 Å². The molecule has 0 aliphatic carbocycles. The summed E-state index contributed by atoms with van der Waals surface area (Å²) in [7, 11) is 3.39. The zero-order valence-electron chi connectivity index (χ0n) is 12.6. The quantitative estimate of drug-likeness (QED) is 0.628. The summed E-state index contributed by atoms with van der Waals surface area (Å²) >= 11 is 0.996. The molecule has 0 bridgehead atoms. The van der Waals surface area contributed by atoms with Gasteiger partial charge in [0.2, 0.25) is 0 Å². The van der Waals surface area contributed by atoms with Gasteiger partial charge in [0.05, 0.1) is 11.6 Å². The summed E-state index contributed by atoms with van der Waals surface area (Å²) in [5.74, 6) is 1.27. The number of aliphatic imine (C=N–C) groups is 1. The van der Waals surface area contributed by atoms with Crippen molar-refractivity contribution >= 4 is 17.3 Å². The highest BCUT2D eigenvalue weighted by atomic mass is 32.1. The van der Waals surface area contributed by atoms with E-state index in [-0.39, 0.29) is 0 Å². The van der Waals surface area contributed by atoms with Crippen LogP contribution in [-0.4, -0.2) is 39.3 Å². The molecule has 23 heavy (non-hydrogen) atoms. The third-order valence-electron chi connectivity index (χ3n) is 2.92. The molecule has 0 amide bonds. The Balaban J connectivity index is 1.78. The number of guanidine groups is 1. The van der Waals surface area contributed by atoms with Crippen LogP contribution in [0, 0.1) is 0 Å². The van der Waals surface area contributed by atoms with E-state index < -0.39 is 11.9 Å². The van der Waals surface area contributed by atoms with E-state index in [0.717, 1.165) is 22.5 Å². The molecular weight excluding hydrogens is 331 g/mol. The molecule has 11 heteroatoms. The fourth-order valence-corrected chi connectivity index (χ4v) is 2.51. The minimum atomic E-state index is -4.39. The molecule has 0 aromatic carbocycles. The molecule has 0 spiro atoms. The molecule has 0 aliphatic rings. The topological polar surface area (TPSA) is 80.0 Å². The van der Waals surface area contributed by atoms with Crippen molar-refractivity contribution in [2.75, 3.05) is 13.6 Å². The van der Waals surface area contributed by atoms with Crippen molar-refractivity contribution in [3.8, 4) is 0 Å². The summed E-state index contributed by atoms with van der Waals surface area (Å²) in [6.45, 7) is 0.856. The number of alkyl halides is 3. The minimum Gasteiger partial charge on any atom is -0.356 e. The Hall–Kier alpha value is -2.17. The second-order valence-electron chi connectivity index (χ2n) is 4.53. The van der Waals surface area contributed by atoms with Crippen molar-refractivity contribution in [2.24, 2.45) is 12.0 Å². The van der Waals surface area contributed by atoms with Crippen molar-refractivity contribution < 1.29 is 13.2 Å². The van der Waals surface area contributed by atoms with Gasteiger partial charge in [-0.25, -0.2) is 9.97 Å². The molecule has 0 fully saturated rings. The molecule has 0 saturated heterocycles. The van der Waals surface area contributed by atoms with Crippen LogP contribution in [0.25, 0.3) is 0 Å². The lowest BCUT2D eigenvalue weighted by molar-refractivity contribution is -0.140. The fourth-order valence-electron chi connectivity index (χ4n) is 1.71. The lowest BCUT2D eigenvalue weighted by Crippen LogP contribution is -2.38. The standard InChI is InChI=1S/C12H16F3N7S/c1-16-11(18-5-9-19-7-20-22(9)2)17-4-3-10-21-8(6-23-10)12(13,14)15/h6-7H,3-5H2,1-2H3,(H2,16,17,18). The highest BCUT2D eigenvalue weighted by Crippen LogP contribution is 2.29. The summed E-state index contributed by atoms with van der Waals surface area (Å²) in [6, 6.07) is 0. The predicted molar refractivity (Wildman–Crippen MR) is 80.0 cm³/mol. The minimum absolute atomic E-state index is 0.380. The molecule has 0 unspecified atom stereocenters. The van der Waals surface area contributed by atoms with Gasteiger partial charge in [0, 0.05) is 32.4 Å². The number of rotatable bonds is 5. The van der Waals surface area contributed by atoms with E-state index in [1.807, 2.05) is 0 Å². The molecule has 7 nitrogen and oxygen atoms in total. The SMILES string of the molecule is CN=C(NCCc1nc(C(F)(F)F)cs1)NCc1ncnn1C. The fraction of sp³-hybridized carbons (Fsp3) is 0.500. The third-order valence-corrected chi connectivity index (χ3v) is 3.82. The first kappa shape index (κ1) is 17.2. The molecule has 2 N–H and O–H groups in total. The van der Waals surface area contributed by atoms with Crippen LogP contribution in [0.3, 0.4) is 0 Å². The molecule has 0 aliphatic heterocycles. The van der Waals surface area contributed by atoms with Crippen LogP contribution in [0.1, 0.15) is 16.5 Å². The number of hydrogen-bond donors (Lipinski definition) is 2.